The van der Waals surface area contributed by atoms with Crippen LogP contribution in [0.1, 0.15) is 25.7 Å². The average Bonchev–Trinajstić information content (AvgIpc) is 2.54. The third-order valence-electron chi connectivity index (χ3n) is 2.89. The number of aromatic nitrogens is 2. The maximum absolute atomic E-state index is 13.1. The first-order valence-electron chi connectivity index (χ1n) is 5.38. The molecule has 2 rings (SSSR count). The number of benzene rings is 1. The number of hydrogen-bond acceptors (Lipinski definition) is 2. The summed E-state index contributed by atoms with van der Waals surface area (Å²) in [6.07, 6.45) is 0. The van der Waals surface area contributed by atoms with Gasteiger partial charge in [0.25, 0.3) is 0 Å². The maximum Gasteiger partial charge on any atom is 0.126 e. The average molecular weight is 221 g/mol. The molecule has 1 heterocycles. The summed E-state index contributed by atoms with van der Waals surface area (Å²) in [5, 5.41) is 0. The minimum absolute atomic E-state index is 0.125. The second kappa shape index (κ2) is 3.87. The molecule has 0 spiro atoms. The summed E-state index contributed by atoms with van der Waals surface area (Å²) in [4.78, 5) is 4.39. The van der Waals surface area contributed by atoms with Gasteiger partial charge in [-0.3, -0.25) is 0 Å². The van der Waals surface area contributed by atoms with Crippen LogP contribution in [0, 0.1) is 11.7 Å². The summed E-state index contributed by atoms with van der Waals surface area (Å²) in [7, 11) is 1.91. The predicted octanol–water partition coefficient (Wildman–Crippen LogP) is 2.37. The molecule has 0 aliphatic carbocycles. The topological polar surface area (TPSA) is 43.8 Å². The van der Waals surface area contributed by atoms with Gasteiger partial charge in [0.05, 0.1) is 17.1 Å². The van der Waals surface area contributed by atoms with Crippen LogP contribution in [0.2, 0.25) is 0 Å². The first-order valence-corrected chi connectivity index (χ1v) is 5.38. The fourth-order valence-electron chi connectivity index (χ4n) is 1.79. The number of fused-ring (bicyclic) bond motifs is 1. The van der Waals surface area contributed by atoms with Crippen molar-refractivity contribution in [3.05, 3.63) is 29.8 Å². The van der Waals surface area contributed by atoms with Gasteiger partial charge in [-0.25, -0.2) is 9.37 Å². The van der Waals surface area contributed by atoms with Crippen LogP contribution in [0.25, 0.3) is 11.0 Å². The summed E-state index contributed by atoms with van der Waals surface area (Å²) < 4.78 is 15.0. The molecule has 3 nitrogen and oxygen atoms in total. The zero-order chi connectivity index (χ0) is 11.9. The van der Waals surface area contributed by atoms with Crippen molar-refractivity contribution in [3.8, 4) is 0 Å². The molecule has 16 heavy (non-hydrogen) atoms. The van der Waals surface area contributed by atoms with Crippen LogP contribution in [-0.4, -0.2) is 9.55 Å². The van der Waals surface area contributed by atoms with Gasteiger partial charge in [-0.1, -0.05) is 13.8 Å². The van der Waals surface area contributed by atoms with E-state index < -0.39 is 0 Å². The number of halogens is 1. The number of nitrogens with zero attached hydrogens (tertiary/aromatic N) is 2. The zero-order valence-electron chi connectivity index (χ0n) is 9.74. The van der Waals surface area contributed by atoms with E-state index in [1.54, 1.807) is 6.07 Å². The highest BCUT2D eigenvalue weighted by Gasteiger charge is 2.17. The van der Waals surface area contributed by atoms with Gasteiger partial charge in [-0.2, -0.15) is 0 Å². The summed E-state index contributed by atoms with van der Waals surface area (Å²) in [5.41, 5.74) is 7.63. The lowest BCUT2D eigenvalue weighted by molar-refractivity contribution is 0.480. The highest BCUT2D eigenvalue weighted by atomic mass is 19.1. The van der Waals surface area contributed by atoms with Crippen molar-refractivity contribution in [1.29, 1.82) is 0 Å². The molecule has 0 fully saturated rings. The van der Waals surface area contributed by atoms with E-state index in [1.165, 1.54) is 12.1 Å². The zero-order valence-corrected chi connectivity index (χ0v) is 9.74. The van der Waals surface area contributed by atoms with Crippen molar-refractivity contribution >= 4 is 11.0 Å². The Hall–Kier alpha value is -1.42. The minimum Gasteiger partial charge on any atom is -0.330 e. The van der Waals surface area contributed by atoms with Crippen LogP contribution in [0.5, 0.6) is 0 Å². The smallest absolute Gasteiger partial charge is 0.126 e. The Balaban J connectivity index is 2.60. The van der Waals surface area contributed by atoms with Gasteiger partial charge in [0, 0.05) is 13.1 Å². The Morgan fingerprint density at radius 2 is 2.06 bits per heavy atom. The van der Waals surface area contributed by atoms with Crippen molar-refractivity contribution in [3.63, 3.8) is 0 Å². The quantitative estimate of drug-likeness (QED) is 0.846. The van der Waals surface area contributed by atoms with Crippen LogP contribution in [0.15, 0.2) is 18.2 Å². The fraction of sp³-hybridized carbons (Fsp3) is 0.417. The van der Waals surface area contributed by atoms with Gasteiger partial charge in [-0.15, -0.1) is 0 Å². The van der Waals surface area contributed by atoms with E-state index >= 15 is 0 Å². The van der Waals surface area contributed by atoms with Crippen molar-refractivity contribution in [1.82, 2.24) is 9.55 Å². The molecule has 4 heteroatoms. The molecule has 2 N–H and O–H groups in total. The van der Waals surface area contributed by atoms with E-state index in [4.69, 9.17) is 5.73 Å². The molecule has 2 aromatic rings. The molecule has 0 saturated heterocycles. The molecule has 0 aliphatic heterocycles. The molecule has 86 valence electrons. The Labute approximate surface area is 94.1 Å². The van der Waals surface area contributed by atoms with Gasteiger partial charge in [0.1, 0.15) is 11.6 Å². The summed E-state index contributed by atoms with van der Waals surface area (Å²) in [6.45, 7) is 4.09. The third kappa shape index (κ3) is 1.69. The van der Waals surface area contributed by atoms with E-state index in [0.717, 1.165) is 11.3 Å². The molecule has 0 bridgehead atoms. The van der Waals surface area contributed by atoms with E-state index in [-0.39, 0.29) is 11.9 Å². The Morgan fingerprint density at radius 1 is 1.38 bits per heavy atom. The second-order valence-corrected chi connectivity index (χ2v) is 4.43. The maximum atomic E-state index is 13.1. The summed E-state index contributed by atoms with van der Waals surface area (Å²) in [6, 6.07) is 4.48. The van der Waals surface area contributed by atoms with Gasteiger partial charge >= 0.3 is 0 Å². The normalized spacial score (nSPS) is 13.6. The summed E-state index contributed by atoms with van der Waals surface area (Å²) >= 11 is 0. The Bertz CT molecular complexity index is 516. The molecule has 1 aromatic heterocycles. The van der Waals surface area contributed by atoms with E-state index in [9.17, 15) is 4.39 Å². The standard InChI is InChI=1S/C12H16FN3/c1-7(2)11(14)12-15-9-6-8(13)4-5-10(9)16(12)3/h4-7,11H,14H2,1-3H3/t11-/m0/s1. The van der Waals surface area contributed by atoms with Crippen LogP contribution in [-0.2, 0) is 7.05 Å². The number of imidazole rings is 1. The van der Waals surface area contributed by atoms with E-state index in [2.05, 4.69) is 4.98 Å². The van der Waals surface area contributed by atoms with Gasteiger partial charge in [0.15, 0.2) is 0 Å². The van der Waals surface area contributed by atoms with E-state index in [0.29, 0.717) is 11.4 Å². The molecular weight excluding hydrogens is 205 g/mol. The number of nitrogens with two attached hydrogens (primary N) is 1. The third-order valence-corrected chi connectivity index (χ3v) is 2.89. The minimum atomic E-state index is -0.268. The molecule has 1 aromatic carbocycles. The molecule has 0 saturated carbocycles. The van der Waals surface area contributed by atoms with Crippen molar-refractivity contribution < 1.29 is 4.39 Å². The Kier molecular flexibility index (Phi) is 2.68. The highest BCUT2D eigenvalue weighted by Crippen LogP contribution is 2.23. The summed E-state index contributed by atoms with van der Waals surface area (Å²) in [5.74, 6) is 0.839. The van der Waals surface area contributed by atoms with Gasteiger partial charge in [-0.05, 0) is 18.1 Å². The van der Waals surface area contributed by atoms with Crippen LogP contribution >= 0.6 is 0 Å². The van der Waals surface area contributed by atoms with Crippen molar-refractivity contribution in [2.24, 2.45) is 18.7 Å². The first kappa shape index (κ1) is 11.1. The fourth-order valence-corrected chi connectivity index (χ4v) is 1.79. The van der Waals surface area contributed by atoms with Crippen molar-refractivity contribution in [2.45, 2.75) is 19.9 Å². The van der Waals surface area contributed by atoms with Crippen molar-refractivity contribution in [2.75, 3.05) is 0 Å². The van der Waals surface area contributed by atoms with Crippen LogP contribution in [0.4, 0.5) is 4.39 Å². The molecule has 0 radical (unpaired) electrons. The van der Waals surface area contributed by atoms with Gasteiger partial charge < -0.3 is 10.3 Å². The van der Waals surface area contributed by atoms with E-state index in [1.807, 2.05) is 25.5 Å². The number of hydrogen-bond donors (Lipinski definition) is 1. The lowest BCUT2D eigenvalue weighted by atomic mass is 10.1. The highest BCUT2D eigenvalue weighted by molar-refractivity contribution is 5.76. The van der Waals surface area contributed by atoms with Crippen LogP contribution in [0.3, 0.4) is 0 Å². The molecular formula is C12H16FN3. The van der Waals surface area contributed by atoms with Gasteiger partial charge in [0.2, 0.25) is 0 Å². The first-order chi connectivity index (χ1) is 7.50. The lowest BCUT2D eigenvalue weighted by Crippen LogP contribution is -2.20. The predicted molar refractivity (Wildman–Crippen MR) is 62.4 cm³/mol. The number of aryl methyl sites for hydroxylation is 1. The second-order valence-electron chi connectivity index (χ2n) is 4.43. The lowest BCUT2D eigenvalue weighted by Gasteiger charge is -2.14. The molecule has 0 unspecified atom stereocenters. The SMILES string of the molecule is CC(C)[C@H](N)c1nc2cc(F)ccc2n1C. The van der Waals surface area contributed by atoms with Crippen LogP contribution < -0.4 is 5.73 Å². The molecule has 0 aliphatic rings. The monoisotopic (exact) mass is 221 g/mol. The largest absolute Gasteiger partial charge is 0.330 e. The molecule has 0 amide bonds. The molecule has 1 atom stereocenters. The Morgan fingerprint density at radius 3 is 2.69 bits per heavy atom. The number of rotatable bonds is 2.